The number of nitrogens with zero attached hydrogens (tertiary/aromatic N) is 4. The van der Waals surface area contributed by atoms with Crippen LogP contribution < -0.4 is 36.8 Å². The van der Waals surface area contributed by atoms with Gasteiger partial charge in [0.2, 0.25) is 29.3 Å². The number of allylic oxidation sites excluding steroid dienone is 4. The predicted molar refractivity (Wildman–Crippen MR) is 377 cm³/mol. The first-order chi connectivity index (χ1) is 43.4. The molecule has 4 aromatic rings. The van der Waals surface area contributed by atoms with Crippen LogP contribution in [0.15, 0.2) is 131 Å². The number of unbranched alkanes of at least 4 members (excludes halogenated alkanes) is 3. The Morgan fingerprint density at radius 2 is 1.37 bits per heavy atom. The van der Waals surface area contributed by atoms with Crippen LogP contribution in [0.5, 0.6) is 0 Å². The molecule has 0 saturated heterocycles. The Morgan fingerprint density at radius 3 is 2.04 bits per heavy atom. The van der Waals surface area contributed by atoms with Gasteiger partial charge in [-0.2, -0.15) is 14.8 Å². The van der Waals surface area contributed by atoms with Gasteiger partial charge in [0, 0.05) is 110 Å². The van der Waals surface area contributed by atoms with Crippen LogP contribution in [-0.2, 0) is 38.9 Å². The van der Waals surface area contributed by atoms with Gasteiger partial charge in [-0.05, 0) is 137 Å². The second kappa shape index (κ2) is 35.1. The third kappa shape index (κ3) is 21.5. The summed E-state index contributed by atoms with van der Waals surface area (Å²) in [5.74, 6) is 2.57. The molecule has 91 heavy (non-hydrogen) atoms. The highest BCUT2D eigenvalue weighted by Crippen LogP contribution is 2.44. The Morgan fingerprint density at radius 1 is 0.725 bits per heavy atom. The highest BCUT2D eigenvalue weighted by Gasteiger charge is 2.49. The van der Waals surface area contributed by atoms with Crippen molar-refractivity contribution < 1.29 is 37.4 Å². The quantitative estimate of drug-likeness (QED) is 0.00625. The van der Waals surface area contributed by atoms with Crippen molar-refractivity contribution in [2.24, 2.45) is 10.2 Å². The van der Waals surface area contributed by atoms with Gasteiger partial charge < -0.3 is 45.7 Å². The molecule has 0 bridgehead atoms. The lowest BCUT2D eigenvalue weighted by Gasteiger charge is -2.43. The molecule has 1 atom stereocenters. The fraction of sp³-hybridized carbons (Fsp3) is 0.493. The number of rotatable bonds is 37. The molecular weight excluding hydrogens is 1200 g/mol. The van der Waals surface area contributed by atoms with Gasteiger partial charge in [0.15, 0.2) is 5.71 Å². The van der Waals surface area contributed by atoms with Gasteiger partial charge in [0.05, 0.1) is 42.0 Å². The van der Waals surface area contributed by atoms with Crippen molar-refractivity contribution in [1.82, 2.24) is 26.6 Å². The summed E-state index contributed by atoms with van der Waals surface area (Å²) in [6, 6.07) is 31.1. The molecule has 0 aliphatic carbocycles. The molecular formula is C71H99N10O7S2Si+. The van der Waals surface area contributed by atoms with Crippen molar-refractivity contribution in [2.45, 2.75) is 161 Å². The number of amides is 5. The number of hydrogen-bond donors (Lipinski definition) is 6. The molecule has 6 rings (SSSR count). The molecule has 0 fully saturated rings. The summed E-state index contributed by atoms with van der Waals surface area (Å²) in [4.78, 5) is 67.4. The highest BCUT2D eigenvalue weighted by molar-refractivity contribution is 8.76. The van der Waals surface area contributed by atoms with Crippen molar-refractivity contribution in [1.29, 1.82) is 0 Å². The normalized spacial score (nSPS) is 14.9. The molecule has 0 saturated carbocycles. The molecule has 2 aliphatic heterocycles. The van der Waals surface area contributed by atoms with Crippen LogP contribution in [0.2, 0.25) is 11.1 Å². The molecule has 5 amide bonds. The van der Waals surface area contributed by atoms with E-state index in [0.717, 1.165) is 42.9 Å². The zero-order chi connectivity index (χ0) is 66.2. The average Bonchev–Trinajstić information content (AvgIpc) is 1.64. The first-order valence-corrected chi connectivity index (χ1v) is 36.5. The van der Waals surface area contributed by atoms with E-state index in [1.165, 1.54) is 39.0 Å². The van der Waals surface area contributed by atoms with Crippen molar-refractivity contribution in [3.05, 3.63) is 138 Å². The number of para-hydroxylation sites is 2. The van der Waals surface area contributed by atoms with E-state index >= 15 is 0 Å². The van der Waals surface area contributed by atoms with Gasteiger partial charge >= 0.3 is 8.56 Å². The van der Waals surface area contributed by atoms with Crippen LogP contribution >= 0.6 is 21.6 Å². The van der Waals surface area contributed by atoms with E-state index in [-0.39, 0.29) is 70.8 Å². The number of azo groups is 1. The standard InChI is InChI=1S/C71H98N10O7S2Si/c1-14-42-74-68(86)60(77-65(83)41-48-89-90-49-45-75-67(85)53-33-35-54(36-34-53)78-79-55-37-39-56(40-38-55)80(12)13)28-21-22-43-72-66(84)50-69(6,7)88-91(51(2)3,52(4)5)87-47-44-73-64(82)32-16-15-23-46-81-61-29-20-18-26-58(61)71(10,11)63(81)31-24-30-62-70(8,9)57-25-17-19-27-59(57)76-62/h1,17-20,24-27,29-31,33-40,51-52,60H,15-16,21-23,28,32,41-50H2,2-13H3,(H5,72,73,74,75,77,82,83,84,85,86)/p+1. The molecule has 0 radical (unpaired) electrons. The van der Waals surface area contributed by atoms with Gasteiger partial charge in [-0.1, -0.05) is 112 Å². The van der Waals surface area contributed by atoms with Gasteiger partial charge in [-0.25, -0.2) is 0 Å². The van der Waals surface area contributed by atoms with Crippen molar-refractivity contribution in [2.75, 3.05) is 75.1 Å². The zero-order valence-electron chi connectivity index (χ0n) is 55.8. The Bertz CT molecular complexity index is 3250. The molecule has 6 N–H and O–H groups in total. The van der Waals surface area contributed by atoms with Crippen LogP contribution in [0.25, 0.3) is 0 Å². The summed E-state index contributed by atoms with van der Waals surface area (Å²) in [6.07, 6.45) is 17.0. The zero-order valence-corrected chi connectivity index (χ0v) is 58.4. The second-order valence-electron chi connectivity index (χ2n) is 25.7. The molecule has 1 unspecified atom stereocenters. The summed E-state index contributed by atoms with van der Waals surface area (Å²) < 4.78 is 16.1. The molecule has 20 heteroatoms. The maximum atomic E-state index is 13.4. The number of fused-ring (bicyclic) bond motifs is 2. The lowest BCUT2D eigenvalue weighted by atomic mass is 9.81. The Kier molecular flexibility index (Phi) is 28.2. The van der Waals surface area contributed by atoms with Crippen molar-refractivity contribution in [3.63, 3.8) is 0 Å². The van der Waals surface area contributed by atoms with Crippen LogP contribution in [0.1, 0.15) is 149 Å². The molecule has 4 aromatic carbocycles. The first kappa shape index (κ1) is 73.0. The number of nitrogens with one attached hydrogen (secondary N) is 6. The Hall–Kier alpha value is -7.02. The van der Waals surface area contributed by atoms with E-state index in [1.807, 2.05) is 57.1 Å². The van der Waals surface area contributed by atoms with Gasteiger partial charge in [-0.3, -0.25) is 24.0 Å². The molecule has 0 aromatic heterocycles. The number of anilines is 2. The number of hydrogen-bond acceptors (Lipinski definition) is 13. The first-order valence-electron chi connectivity index (χ1n) is 32.1. The van der Waals surface area contributed by atoms with E-state index < -0.39 is 20.2 Å². The lowest BCUT2D eigenvalue weighted by molar-refractivity contribution is -0.438. The van der Waals surface area contributed by atoms with E-state index in [0.29, 0.717) is 74.7 Å². The SMILES string of the molecule is C#CCNC(=O)C(CCCCNC(=O)CC(C)(C)O[Si](OCCNC(=O)CCCCC[N+]1=C(/C=C/C=C2\Nc3ccccc3C2(C)C)C(C)(C)c2ccccc21)(C(C)C)C(C)C)NC(=O)CCSSCCNC(=O)c1ccc(N=Nc2ccc(N(C)C)cc2)cc1. The van der Waals surface area contributed by atoms with Crippen molar-refractivity contribution >= 4 is 93.8 Å². The molecule has 490 valence electrons. The minimum atomic E-state index is -2.94. The number of carbonyl (C=O) groups is 5. The Labute approximate surface area is 550 Å². The van der Waals surface area contributed by atoms with E-state index in [1.54, 1.807) is 35.1 Å². The fourth-order valence-electron chi connectivity index (χ4n) is 11.5. The maximum Gasteiger partial charge on any atom is 0.343 e. The van der Waals surface area contributed by atoms with Gasteiger partial charge in [-0.15, -0.1) is 6.42 Å². The van der Waals surface area contributed by atoms with Crippen LogP contribution in [0.4, 0.5) is 28.4 Å². The summed E-state index contributed by atoms with van der Waals surface area (Å²) in [5, 5.41) is 26.8. The summed E-state index contributed by atoms with van der Waals surface area (Å²) >= 11 is 0. The molecule has 2 heterocycles. The third-order valence-electron chi connectivity index (χ3n) is 16.5. The van der Waals surface area contributed by atoms with Gasteiger partial charge in [0.25, 0.3) is 5.91 Å². The number of terminal acetylenes is 1. The average molecular weight is 1300 g/mol. The van der Waals surface area contributed by atoms with E-state index in [4.69, 9.17) is 15.3 Å². The van der Waals surface area contributed by atoms with Gasteiger partial charge in [0.1, 0.15) is 12.6 Å². The fourth-order valence-corrected chi connectivity index (χ4v) is 17.3. The molecule has 17 nitrogen and oxygen atoms in total. The number of carbonyl (C=O) groups excluding carboxylic acids is 5. The predicted octanol–water partition coefficient (Wildman–Crippen LogP) is 13.3. The topological polar surface area (TPSA) is 207 Å². The molecule has 0 spiro atoms. The summed E-state index contributed by atoms with van der Waals surface area (Å²) in [5.41, 5.74) is 9.43. The minimum absolute atomic E-state index is 0.00188. The second-order valence-corrected chi connectivity index (χ2v) is 32.6. The lowest BCUT2D eigenvalue weighted by Crippen LogP contribution is -2.55. The summed E-state index contributed by atoms with van der Waals surface area (Å²) in [6.45, 7) is 23.7. The number of benzene rings is 4. The van der Waals surface area contributed by atoms with E-state index in [2.05, 4.69) is 175 Å². The smallest absolute Gasteiger partial charge is 0.343 e. The largest absolute Gasteiger partial charge is 0.392 e. The highest BCUT2D eigenvalue weighted by atomic mass is 33.1. The maximum absolute atomic E-state index is 13.4. The van der Waals surface area contributed by atoms with Crippen LogP contribution in [0, 0.1) is 12.3 Å². The van der Waals surface area contributed by atoms with Crippen molar-refractivity contribution in [3.8, 4) is 12.3 Å². The monoisotopic (exact) mass is 1300 g/mol. The van der Waals surface area contributed by atoms with Crippen LogP contribution in [0.3, 0.4) is 0 Å². The molecule has 2 aliphatic rings. The van der Waals surface area contributed by atoms with E-state index in [9.17, 15) is 24.0 Å². The minimum Gasteiger partial charge on any atom is -0.392 e. The third-order valence-corrected chi connectivity index (χ3v) is 23.7. The summed E-state index contributed by atoms with van der Waals surface area (Å²) in [7, 11) is 4.07. The van der Waals surface area contributed by atoms with Crippen LogP contribution in [-0.4, -0.2) is 125 Å². The Balaban J connectivity index is 0.855.